The first-order valence-electron chi connectivity index (χ1n) is 2.03. The van der Waals surface area contributed by atoms with Crippen molar-refractivity contribution in [3.63, 3.8) is 0 Å². The third-order valence-electron chi connectivity index (χ3n) is 0.236. The van der Waals surface area contributed by atoms with Crippen molar-refractivity contribution in [1.29, 1.82) is 0 Å². The third-order valence-corrected chi connectivity index (χ3v) is 0.236. The number of halogens is 1. The molecule has 0 bridgehead atoms. The summed E-state index contributed by atoms with van der Waals surface area (Å²) in [5, 5.41) is 7.74. The Hall–Kier alpha value is -0.210. The van der Waals surface area contributed by atoms with Crippen LogP contribution in [-0.4, -0.2) is 16.4 Å². The van der Waals surface area contributed by atoms with E-state index in [9.17, 15) is 0 Å². The van der Waals surface area contributed by atoms with Crippen LogP contribution in [0.2, 0.25) is 0 Å². The molecule has 10 heavy (non-hydrogen) atoms. The van der Waals surface area contributed by atoms with Crippen molar-refractivity contribution in [1.82, 2.24) is 5.48 Å². The summed E-state index contributed by atoms with van der Waals surface area (Å²) in [5.41, 5.74) is 1.90. The lowest BCUT2D eigenvalue weighted by molar-refractivity contribution is -1.92. The average Bonchev–Trinajstić information content (AvgIpc) is 1.63. The first kappa shape index (κ1) is 12.5. The largest absolute Gasteiger partial charge is 0.317 e. The van der Waals surface area contributed by atoms with Gasteiger partial charge in [-0.25, -0.2) is 5.48 Å². The number of hydrogen-bond donors (Lipinski definition) is 3. The molecule has 0 aromatic heterocycles. The summed E-state index contributed by atoms with van der Waals surface area (Å²) >= 11 is 0. The van der Waals surface area contributed by atoms with Gasteiger partial charge < -0.3 is 5.21 Å². The van der Waals surface area contributed by atoms with Crippen molar-refractivity contribution in [2.45, 2.75) is 0 Å². The second-order valence-corrected chi connectivity index (χ2v) is 1.84. The Kier molecular flexibility index (Phi) is 8.61. The molecule has 0 radical (unpaired) electrons. The number of nitrogens with one attached hydrogen (secondary N) is 1. The fourth-order valence-electron chi connectivity index (χ4n) is 0.0645. The van der Waals surface area contributed by atoms with Crippen LogP contribution in [0.4, 0.5) is 0 Å². The molecule has 0 atom stereocenters. The molecule has 0 spiro atoms. The van der Waals surface area contributed by atoms with Gasteiger partial charge in [0.25, 0.3) is 0 Å². The van der Waals surface area contributed by atoms with E-state index < -0.39 is 10.2 Å². The summed E-state index contributed by atoms with van der Waals surface area (Å²) < 4.78 is 32.7. The standard InChI is InChI=1S/C3H7NO.ClHO4/c1-2-3-4-5;2-1(3,4)5/h2,4-5H,1,3H2;(H,2,3,4,5). The van der Waals surface area contributed by atoms with E-state index >= 15 is 0 Å². The van der Waals surface area contributed by atoms with Gasteiger partial charge in [0, 0.05) is 6.54 Å². The maximum atomic E-state index is 8.60. The van der Waals surface area contributed by atoms with Crippen molar-refractivity contribution in [2.24, 2.45) is 0 Å². The molecule has 0 heterocycles. The molecule has 62 valence electrons. The van der Waals surface area contributed by atoms with Gasteiger partial charge in [0.05, 0.1) is 14.9 Å². The summed E-state index contributed by atoms with van der Waals surface area (Å²) in [5.74, 6) is 0. The van der Waals surface area contributed by atoms with Crippen LogP contribution in [-0.2, 0) is 0 Å². The summed E-state index contributed by atoms with van der Waals surface area (Å²) in [6.07, 6.45) is 1.57. The molecule has 0 amide bonds. The molecule has 0 fully saturated rings. The van der Waals surface area contributed by atoms with Crippen LogP contribution in [0.25, 0.3) is 0 Å². The van der Waals surface area contributed by atoms with E-state index in [0.717, 1.165) is 0 Å². The van der Waals surface area contributed by atoms with E-state index in [4.69, 9.17) is 23.8 Å². The Labute approximate surface area is 59.7 Å². The Morgan fingerprint density at radius 2 is 1.80 bits per heavy atom. The minimum absolute atomic E-state index is 0.458. The Morgan fingerprint density at radius 3 is 1.80 bits per heavy atom. The van der Waals surface area contributed by atoms with Gasteiger partial charge in [-0.3, -0.25) is 0 Å². The van der Waals surface area contributed by atoms with Gasteiger partial charge in [0.1, 0.15) is 0 Å². The highest BCUT2D eigenvalue weighted by atomic mass is 35.7. The summed E-state index contributed by atoms with van der Waals surface area (Å²) in [7, 11) is -4.69. The van der Waals surface area contributed by atoms with Crippen molar-refractivity contribution in [3.05, 3.63) is 12.7 Å². The van der Waals surface area contributed by atoms with E-state index in [1.807, 2.05) is 5.48 Å². The number of rotatable bonds is 2. The van der Waals surface area contributed by atoms with Gasteiger partial charge in [-0.1, -0.05) is 6.08 Å². The molecule has 0 unspecified atom stereocenters. The number of hydrogen-bond acceptors (Lipinski definition) is 6. The monoisotopic (exact) mass is 173 g/mol. The molecular formula is C3H8ClNO5. The minimum atomic E-state index is -4.69. The molecule has 0 aliphatic carbocycles. The normalized spacial score (nSPS) is 9.70. The Bertz CT molecular complexity index is 75.5. The highest BCUT2D eigenvalue weighted by molar-refractivity contribution is 4.65. The number of hydroxylamine groups is 1. The van der Waals surface area contributed by atoms with Gasteiger partial charge in [-0.2, -0.15) is 14.0 Å². The molecule has 3 N–H and O–H groups in total. The van der Waals surface area contributed by atoms with Crippen LogP contribution in [0.5, 0.6) is 0 Å². The van der Waals surface area contributed by atoms with E-state index in [-0.39, 0.29) is 0 Å². The SMILES string of the molecule is C=CCNO.[O-][Cl+3]([O-])([O-])O. The lowest BCUT2D eigenvalue weighted by Gasteiger charge is -2.03. The third kappa shape index (κ3) is 112. The summed E-state index contributed by atoms with van der Waals surface area (Å²) in [6, 6.07) is 0. The van der Waals surface area contributed by atoms with Gasteiger partial charge in [-0.15, -0.1) is 6.58 Å². The fourth-order valence-corrected chi connectivity index (χ4v) is 0.0645. The van der Waals surface area contributed by atoms with Gasteiger partial charge >= 0.3 is 0 Å². The molecule has 0 saturated heterocycles. The quantitative estimate of drug-likeness (QED) is 0.289. The molecular weight excluding hydrogens is 165 g/mol. The molecule has 0 saturated carbocycles. The molecule has 0 rings (SSSR count). The molecule has 0 aliphatic heterocycles. The zero-order valence-electron chi connectivity index (χ0n) is 4.99. The maximum Gasteiger partial charge on any atom is 0.0777 e. The summed E-state index contributed by atoms with van der Waals surface area (Å²) in [6.45, 7) is 3.79. The Morgan fingerprint density at radius 1 is 1.50 bits per heavy atom. The highest BCUT2D eigenvalue weighted by Crippen LogP contribution is 1.60. The Balaban J connectivity index is 0. The van der Waals surface area contributed by atoms with Crippen LogP contribution in [0, 0.1) is 10.2 Å². The van der Waals surface area contributed by atoms with Crippen LogP contribution in [0.1, 0.15) is 0 Å². The second-order valence-electron chi connectivity index (χ2n) is 1.05. The lowest BCUT2D eigenvalue weighted by Crippen LogP contribution is -2.58. The first-order chi connectivity index (χ1) is 4.41. The van der Waals surface area contributed by atoms with Crippen molar-refractivity contribution in [3.8, 4) is 0 Å². The van der Waals surface area contributed by atoms with E-state index in [2.05, 4.69) is 6.58 Å². The molecule has 0 aromatic rings. The van der Waals surface area contributed by atoms with E-state index in [1.54, 1.807) is 6.08 Å². The molecule has 6 nitrogen and oxygen atoms in total. The lowest BCUT2D eigenvalue weighted by atomic mass is 10.7. The van der Waals surface area contributed by atoms with Gasteiger partial charge in [-0.05, 0) is 0 Å². The van der Waals surface area contributed by atoms with E-state index in [1.165, 1.54) is 0 Å². The topological polar surface area (TPSA) is 122 Å². The predicted octanol–water partition coefficient (Wildman–Crippen LogP) is -3.97. The van der Waals surface area contributed by atoms with Crippen molar-refractivity contribution >= 4 is 0 Å². The second kappa shape index (κ2) is 6.90. The van der Waals surface area contributed by atoms with E-state index in [0.29, 0.717) is 6.54 Å². The fraction of sp³-hybridized carbons (Fsp3) is 0.333. The predicted molar refractivity (Wildman–Crippen MR) is 22.2 cm³/mol. The summed E-state index contributed by atoms with van der Waals surface area (Å²) in [4.78, 5) is 0. The highest BCUT2D eigenvalue weighted by Gasteiger charge is 1.98. The molecule has 0 aromatic carbocycles. The first-order valence-corrected chi connectivity index (χ1v) is 3.29. The van der Waals surface area contributed by atoms with Crippen molar-refractivity contribution in [2.75, 3.05) is 6.54 Å². The smallest absolute Gasteiger partial charge is 0.0777 e. The zero-order valence-corrected chi connectivity index (χ0v) is 5.74. The zero-order chi connectivity index (χ0) is 8.62. The molecule has 0 aliphatic rings. The van der Waals surface area contributed by atoms with Crippen LogP contribution < -0.4 is 19.5 Å². The van der Waals surface area contributed by atoms with Crippen LogP contribution in [0.15, 0.2) is 12.7 Å². The van der Waals surface area contributed by atoms with Crippen LogP contribution >= 0.6 is 0 Å². The van der Waals surface area contributed by atoms with Crippen LogP contribution in [0.3, 0.4) is 0 Å². The van der Waals surface area contributed by atoms with Gasteiger partial charge in [0.15, 0.2) is 0 Å². The maximum absolute atomic E-state index is 8.60. The average molecular weight is 174 g/mol. The van der Waals surface area contributed by atoms with Gasteiger partial charge in [0.2, 0.25) is 0 Å². The minimum Gasteiger partial charge on any atom is -0.317 e. The molecule has 7 heteroatoms. The van der Waals surface area contributed by atoms with Crippen molar-refractivity contribution < 1.29 is 34.1 Å².